The molecule has 0 aromatic carbocycles. The number of aliphatic hydroxyl groups excluding tert-OH is 1. The molecule has 1 amide bonds. The summed E-state index contributed by atoms with van der Waals surface area (Å²) in [6, 6.07) is 0. The van der Waals surface area contributed by atoms with E-state index in [1.807, 2.05) is 0 Å². The fraction of sp³-hybridized carbons (Fsp3) is 0.600. The van der Waals surface area contributed by atoms with Crippen molar-refractivity contribution in [1.29, 1.82) is 0 Å². The standard InChI is InChI=1S/C10H15N3O2/c14-7-8-5-10(15)13(6-8)4-1-9-11-2-3-12-9/h2-3,8,14H,1,4-7H2,(H,11,12). The first-order valence-corrected chi connectivity index (χ1v) is 5.16. The smallest absolute Gasteiger partial charge is 0.223 e. The molecule has 1 aliphatic rings. The number of rotatable bonds is 4. The van der Waals surface area contributed by atoms with Crippen LogP contribution in [-0.4, -0.2) is 45.6 Å². The van der Waals surface area contributed by atoms with Crippen LogP contribution in [0.3, 0.4) is 0 Å². The molecule has 0 radical (unpaired) electrons. The van der Waals surface area contributed by atoms with E-state index >= 15 is 0 Å². The van der Waals surface area contributed by atoms with Crippen molar-refractivity contribution in [2.75, 3.05) is 19.7 Å². The van der Waals surface area contributed by atoms with Gasteiger partial charge in [-0.25, -0.2) is 4.98 Å². The Bertz CT molecular complexity index is 323. The van der Waals surface area contributed by atoms with Crippen LogP contribution in [0.25, 0.3) is 0 Å². The summed E-state index contributed by atoms with van der Waals surface area (Å²) in [6.07, 6.45) is 4.71. The van der Waals surface area contributed by atoms with Gasteiger partial charge in [-0.1, -0.05) is 0 Å². The third kappa shape index (κ3) is 2.36. The zero-order chi connectivity index (χ0) is 10.7. The van der Waals surface area contributed by atoms with E-state index in [1.165, 1.54) is 0 Å². The maximum atomic E-state index is 11.5. The van der Waals surface area contributed by atoms with Crippen LogP contribution in [0.4, 0.5) is 0 Å². The molecular weight excluding hydrogens is 194 g/mol. The van der Waals surface area contributed by atoms with Gasteiger partial charge in [0.25, 0.3) is 0 Å². The molecule has 2 rings (SSSR count). The van der Waals surface area contributed by atoms with Crippen molar-refractivity contribution in [2.45, 2.75) is 12.8 Å². The Hall–Kier alpha value is -1.36. The van der Waals surface area contributed by atoms with Crippen LogP contribution in [0.2, 0.25) is 0 Å². The van der Waals surface area contributed by atoms with E-state index in [0.717, 1.165) is 12.2 Å². The Labute approximate surface area is 88.1 Å². The van der Waals surface area contributed by atoms with Crippen molar-refractivity contribution in [3.8, 4) is 0 Å². The lowest BCUT2D eigenvalue weighted by molar-refractivity contribution is -0.127. The van der Waals surface area contributed by atoms with Gasteiger partial charge < -0.3 is 15.0 Å². The monoisotopic (exact) mass is 209 g/mol. The average molecular weight is 209 g/mol. The molecule has 0 bridgehead atoms. The number of carbonyl (C=O) groups is 1. The van der Waals surface area contributed by atoms with Crippen LogP contribution in [0.15, 0.2) is 12.4 Å². The molecular formula is C10H15N3O2. The minimum Gasteiger partial charge on any atom is -0.396 e. The number of aromatic nitrogens is 2. The third-order valence-electron chi connectivity index (χ3n) is 2.73. The Morgan fingerprint density at radius 1 is 1.67 bits per heavy atom. The topological polar surface area (TPSA) is 69.2 Å². The first-order chi connectivity index (χ1) is 7.29. The van der Waals surface area contributed by atoms with Gasteiger partial charge in [-0.05, 0) is 0 Å². The number of nitrogens with zero attached hydrogens (tertiary/aromatic N) is 2. The van der Waals surface area contributed by atoms with Gasteiger partial charge in [0.2, 0.25) is 5.91 Å². The van der Waals surface area contributed by atoms with Crippen LogP contribution in [0.1, 0.15) is 12.2 Å². The molecule has 2 heterocycles. The highest BCUT2D eigenvalue weighted by Gasteiger charge is 2.28. The largest absolute Gasteiger partial charge is 0.396 e. The number of likely N-dealkylation sites (tertiary alicyclic amines) is 1. The zero-order valence-corrected chi connectivity index (χ0v) is 8.52. The highest BCUT2D eigenvalue weighted by molar-refractivity contribution is 5.78. The summed E-state index contributed by atoms with van der Waals surface area (Å²) in [5.41, 5.74) is 0. The van der Waals surface area contributed by atoms with Gasteiger partial charge in [-0.15, -0.1) is 0 Å². The number of carbonyl (C=O) groups excluding carboxylic acids is 1. The predicted molar refractivity (Wildman–Crippen MR) is 54.1 cm³/mol. The lowest BCUT2D eigenvalue weighted by Gasteiger charge is -2.15. The number of nitrogens with one attached hydrogen (secondary N) is 1. The molecule has 5 nitrogen and oxygen atoms in total. The van der Waals surface area contributed by atoms with Gasteiger partial charge in [0.05, 0.1) is 0 Å². The van der Waals surface area contributed by atoms with E-state index < -0.39 is 0 Å². The van der Waals surface area contributed by atoms with Gasteiger partial charge in [-0.3, -0.25) is 4.79 Å². The first kappa shape index (κ1) is 10.2. The molecule has 1 atom stereocenters. The first-order valence-electron chi connectivity index (χ1n) is 5.16. The van der Waals surface area contributed by atoms with Crippen molar-refractivity contribution in [2.24, 2.45) is 5.92 Å². The van der Waals surface area contributed by atoms with E-state index in [2.05, 4.69) is 9.97 Å². The number of H-pyrrole nitrogens is 1. The molecule has 0 aliphatic carbocycles. The van der Waals surface area contributed by atoms with Crippen molar-refractivity contribution >= 4 is 5.91 Å². The Morgan fingerprint density at radius 2 is 2.53 bits per heavy atom. The van der Waals surface area contributed by atoms with E-state index in [0.29, 0.717) is 19.5 Å². The van der Waals surface area contributed by atoms with E-state index in [-0.39, 0.29) is 18.4 Å². The maximum Gasteiger partial charge on any atom is 0.223 e. The van der Waals surface area contributed by atoms with Gasteiger partial charge in [0.15, 0.2) is 0 Å². The molecule has 1 aromatic rings. The molecule has 1 saturated heterocycles. The normalized spacial score (nSPS) is 21.3. The number of imidazole rings is 1. The molecule has 15 heavy (non-hydrogen) atoms. The minimum absolute atomic E-state index is 0.100. The molecule has 1 aromatic heterocycles. The van der Waals surface area contributed by atoms with E-state index in [1.54, 1.807) is 17.3 Å². The summed E-state index contributed by atoms with van der Waals surface area (Å²) in [6.45, 7) is 1.46. The molecule has 82 valence electrons. The van der Waals surface area contributed by atoms with Crippen LogP contribution >= 0.6 is 0 Å². The zero-order valence-electron chi connectivity index (χ0n) is 8.52. The summed E-state index contributed by atoms with van der Waals surface area (Å²) >= 11 is 0. The Kier molecular flexibility index (Phi) is 3.01. The molecule has 5 heteroatoms. The fourth-order valence-electron chi connectivity index (χ4n) is 1.87. The van der Waals surface area contributed by atoms with Crippen molar-refractivity contribution in [3.05, 3.63) is 18.2 Å². The summed E-state index contributed by atoms with van der Waals surface area (Å²) < 4.78 is 0. The number of hydrogen-bond acceptors (Lipinski definition) is 3. The summed E-state index contributed by atoms with van der Waals surface area (Å²) in [7, 11) is 0. The minimum atomic E-state index is 0.100. The molecule has 0 saturated carbocycles. The second kappa shape index (κ2) is 4.44. The summed E-state index contributed by atoms with van der Waals surface area (Å²) in [4.78, 5) is 20.4. The Morgan fingerprint density at radius 3 is 3.13 bits per heavy atom. The summed E-state index contributed by atoms with van der Waals surface area (Å²) in [5, 5.41) is 8.96. The van der Waals surface area contributed by atoms with Crippen molar-refractivity contribution < 1.29 is 9.90 Å². The Balaban J connectivity index is 1.83. The number of aromatic amines is 1. The lowest BCUT2D eigenvalue weighted by atomic mass is 10.1. The second-order valence-electron chi connectivity index (χ2n) is 3.88. The van der Waals surface area contributed by atoms with Gasteiger partial charge >= 0.3 is 0 Å². The van der Waals surface area contributed by atoms with Gasteiger partial charge in [-0.2, -0.15) is 0 Å². The highest BCUT2D eigenvalue weighted by atomic mass is 16.3. The molecule has 1 aliphatic heterocycles. The van der Waals surface area contributed by atoms with Crippen molar-refractivity contribution in [3.63, 3.8) is 0 Å². The van der Waals surface area contributed by atoms with Crippen LogP contribution < -0.4 is 0 Å². The van der Waals surface area contributed by atoms with Crippen LogP contribution in [0.5, 0.6) is 0 Å². The number of hydrogen-bond donors (Lipinski definition) is 2. The molecule has 1 unspecified atom stereocenters. The third-order valence-corrected chi connectivity index (χ3v) is 2.73. The molecule has 2 N–H and O–H groups in total. The van der Waals surface area contributed by atoms with E-state index in [9.17, 15) is 4.79 Å². The quantitative estimate of drug-likeness (QED) is 0.721. The summed E-state index contributed by atoms with van der Waals surface area (Å²) in [5.74, 6) is 1.16. The van der Waals surface area contributed by atoms with Crippen LogP contribution in [-0.2, 0) is 11.2 Å². The van der Waals surface area contributed by atoms with Gasteiger partial charge in [0, 0.05) is 50.8 Å². The maximum absolute atomic E-state index is 11.5. The SMILES string of the molecule is O=C1CC(CO)CN1CCc1ncc[nH]1. The van der Waals surface area contributed by atoms with Crippen LogP contribution in [0, 0.1) is 5.92 Å². The number of aliphatic hydroxyl groups is 1. The lowest BCUT2D eigenvalue weighted by Crippen LogP contribution is -2.28. The molecule has 0 spiro atoms. The highest BCUT2D eigenvalue weighted by Crippen LogP contribution is 2.16. The number of amides is 1. The van der Waals surface area contributed by atoms with Gasteiger partial charge in [0.1, 0.15) is 5.82 Å². The second-order valence-corrected chi connectivity index (χ2v) is 3.88. The average Bonchev–Trinajstić information content (AvgIpc) is 2.84. The fourth-order valence-corrected chi connectivity index (χ4v) is 1.87. The molecule has 1 fully saturated rings. The van der Waals surface area contributed by atoms with Crippen molar-refractivity contribution in [1.82, 2.24) is 14.9 Å². The van der Waals surface area contributed by atoms with E-state index in [4.69, 9.17) is 5.11 Å². The predicted octanol–water partition coefficient (Wildman–Crippen LogP) is -0.207.